The van der Waals surface area contributed by atoms with Crippen molar-refractivity contribution in [1.29, 1.82) is 0 Å². The fourth-order valence-electron chi connectivity index (χ4n) is 2.54. The smallest absolute Gasteiger partial charge is 0.231 e. The number of hydrogen-bond acceptors (Lipinski definition) is 6. The maximum Gasteiger partial charge on any atom is 0.231 e. The van der Waals surface area contributed by atoms with E-state index in [0.29, 0.717) is 42.9 Å². The minimum Gasteiger partial charge on any atom is -0.492 e. The molecule has 0 bridgehead atoms. The van der Waals surface area contributed by atoms with Crippen LogP contribution in [0.1, 0.15) is 19.6 Å². The third-order valence-corrected chi connectivity index (χ3v) is 3.95. The van der Waals surface area contributed by atoms with Crippen LogP contribution in [-0.4, -0.2) is 44.1 Å². The fourth-order valence-corrected chi connectivity index (χ4v) is 2.54. The third-order valence-electron chi connectivity index (χ3n) is 3.95. The molecule has 0 saturated carbocycles. The van der Waals surface area contributed by atoms with E-state index in [9.17, 15) is 5.11 Å². The molecule has 8 nitrogen and oxygen atoms in total. The number of aliphatic imine (C=N–C) groups is 1. The lowest BCUT2D eigenvalue weighted by Gasteiger charge is -2.19. The summed E-state index contributed by atoms with van der Waals surface area (Å²) in [6.45, 7) is 5.75. The van der Waals surface area contributed by atoms with Crippen LogP contribution in [0, 0.1) is 0 Å². The SMILES string of the molecule is CCNC(=NCC(C)(O)c1ccco1)NCCOc1ccc2c(c1)OCO2. The molecule has 0 aliphatic carbocycles. The number of guanidine groups is 1. The van der Waals surface area contributed by atoms with Gasteiger partial charge in [-0.25, -0.2) is 4.99 Å². The molecule has 1 aliphatic heterocycles. The van der Waals surface area contributed by atoms with Gasteiger partial charge in [0.1, 0.15) is 23.7 Å². The molecule has 1 aromatic carbocycles. The number of nitrogens with one attached hydrogen (secondary N) is 2. The molecule has 27 heavy (non-hydrogen) atoms. The van der Waals surface area contributed by atoms with Gasteiger partial charge in [-0.15, -0.1) is 0 Å². The molecule has 2 aromatic rings. The van der Waals surface area contributed by atoms with E-state index >= 15 is 0 Å². The van der Waals surface area contributed by atoms with Crippen molar-refractivity contribution in [2.24, 2.45) is 4.99 Å². The van der Waals surface area contributed by atoms with Gasteiger partial charge in [0.25, 0.3) is 0 Å². The predicted molar refractivity (Wildman–Crippen MR) is 100 cm³/mol. The summed E-state index contributed by atoms with van der Waals surface area (Å²) in [6.07, 6.45) is 1.53. The molecule has 1 aliphatic rings. The van der Waals surface area contributed by atoms with E-state index in [2.05, 4.69) is 15.6 Å². The van der Waals surface area contributed by atoms with Crippen LogP contribution in [0.25, 0.3) is 0 Å². The summed E-state index contributed by atoms with van der Waals surface area (Å²) in [6, 6.07) is 8.95. The Balaban J connectivity index is 1.48. The standard InChI is InChI=1S/C19H25N3O5/c1-3-20-18(22-12-19(2,23)17-5-4-9-25-17)21-8-10-24-14-6-7-15-16(11-14)27-13-26-15/h4-7,9,11,23H,3,8,10,12-13H2,1-2H3,(H2,20,21,22). The van der Waals surface area contributed by atoms with Gasteiger partial charge in [-0.05, 0) is 38.1 Å². The zero-order chi connectivity index (χ0) is 19.1. The zero-order valence-electron chi connectivity index (χ0n) is 15.5. The number of fused-ring (bicyclic) bond motifs is 1. The highest BCUT2D eigenvalue weighted by molar-refractivity contribution is 5.79. The first-order valence-electron chi connectivity index (χ1n) is 8.89. The van der Waals surface area contributed by atoms with Gasteiger partial charge in [0.15, 0.2) is 17.5 Å². The molecule has 0 radical (unpaired) electrons. The molecule has 1 unspecified atom stereocenters. The summed E-state index contributed by atoms with van der Waals surface area (Å²) in [5.41, 5.74) is -1.17. The zero-order valence-corrected chi connectivity index (χ0v) is 15.5. The normalized spacial score (nSPS) is 15.3. The van der Waals surface area contributed by atoms with E-state index in [4.69, 9.17) is 18.6 Å². The summed E-state index contributed by atoms with van der Waals surface area (Å²) in [4.78, 5) is 4.43. The Kier molecular flexibility index (Phi) is 6.08. The molecule has 3 N–H and O–H groups in total. The molecule has 0 fully saturated rings. The second-order valence-electron chi connectivity index (χ2n) is 6.24. The van der Waals surface area contributed by atoms with Gasteiger partial charge in [0.05, 0.1) is 19.4 Å². The van der Waals surface area contributed by atoms with Crippen molar-refractivity contribution in [2.45, 2.75) is 19.4 Å². The number of aliphatic hydroxyl groups is 1. The first-order chi connectivity index (χ1) is 13.1. The minimum absolute atomic E-state index is 0.166. The van der Waals surface area contributed by atoms with Crippen LogP contribution in [0.2, 0.25) is 0 Å². The second-order valence-corrected chi connectivity index (χ2v) is 6.24. The van der Waals surface area contributed by atoms with E-state index in [0.717, 1.165) is 5.75 Å². The molecular weight excluding hydrogens is 350 g/mol. The molecule has 0 saturated heterocycles. The Morgan fingerprint density at radius 3 is 2.89 bits per heavy atom. The van der Waals surface area contributed by atoms with Crippen molar-refractivity contribution in [3.05, 3.63) is 42.4 Å². The van der Waals surface area contributed by atoms with Crippen LogP contribution in [0.3, 0.4) is 0 Å². The molecule has 8 heteroatoms. The molecule has 146 valence electrons. The number of nitrogens with zero attached hydrogens (tertiary/aromatic N) is 1. The van der Waals surface area contributed by atoms with E-state index in [1.54, 1.807) is 19.1 Å². The van der Waals surface area contributed by atoms with E-state index in [-0.39, 0.29) is 13.3 Å². The Morgan fingerprint density at radius 1 is 1.26 bits per heavy atom. The molecule has 2 heterocycles. The van der Waals surface area contributed by atoms with E-state index < -0.39 is 5.60 Å². The lowest BCUT2D eigenvalue weighted by Crippen LogP contribution is -2.40. The first kappa shape index (κ1) is 18.9. The summed E-state index contributed by atoms with van der Waals surface area (Å²) in [5, 5.41) is 16.8. The number of benzene rings is 1. The van der Waals surface area contributed by atoms with Gasteiger partial charge in [-0.3, -0.25) is 0 Å². The molecule has 0 amide bonds. The van der Waals surface area contributed by atoms with Crippen molar-refractivity contribution in [2.75, 3.05) is 33.0 Å². The lowest BCUT2D eigenvalue weighted by atomic mass is 10.0. The summed E-state index contributed by atoms with van der Waals surface area (Å²) < 4.78 is 21.6. The maximum absolute atomic E-state index is 10.5. The number of hydrogen-bond donors (Lipinski definition) is 3. The van der Waals surface area contributed by atoms with Gasteiger partial charge in [0.2, 0.25) is 6.79 Å². The highest BCUT2D eigenvalue weighted by Gasteiger charge is 2.26. The topological polar surface area (TPSA) is 97.5 Å². The molecule has 3 rings (SSSR count). The van der Waals surface area contributed by atoms with Crippen molar-refractivity contribution in [1.82, 2.24) is 10.6 Å². The van der Waals surface area contributed by atoms with E-state index in [1.165, 1.54) is 6.26 Å². The second kappa shape index (κ2) is 8.68. The fraction of sp³-hybridized carbons (Fsp3) is 0.421. The van der Waals surface area contributed by atoms with Gasteiger partial charge in [-0.2, -0.15) is 0 Å². The van der Waals surface area contributed by atoms with Gasteiger partial charge < -0.3 is 34.4 Å². The largest absolute Gasteiger partial charge is 0.492 e. The average molecular weight is 375 g/mol. The Hall–Kier alpha value is -2.87. The quantitative estimate of drug-likeness (QED) is 0.368. The monoisotopic (exact) mass is 375 g/mol. The summed E-state index contributed by atoms with van der Waals surface area (Å²) in [7, 11) is 0. The maximum atomic E-state index is 10.5. The van der Waals surface area contributed by atoms with Crippen LogP contribution in [0.15, 0.2) is 46.0 Å². The molecular formula is C19H25N3O5. The third kappa shape index (κ3) is 5.07. The summed E-state index contributed by atoms with van der Waals surface area (Å²) >= 11 is 0. The van der Waals surface area contributed by atoms with Crippen LogP contribution in [0.5, 0.6) is 17.2 Å². The van der Waals surface area contributed by atoms with Crippen LogP contribution in [-0.2, 0) is 5.60 Å². The number of rotatable bonds is 8. The Morgan fingerprint density at radius 2 is 2.11 bits per heavy atom. The molecule has 1 aromatic heterocycles. The molecule has 0 spiro atoms. The number of ether oxygens (including phenoxy) is 3. The van der Waals surface area contributed by atoms with Crippen LogP contribution in [0.4, 0.5) is 0 Å². The van der Waals surface area contributed by atoms with Crippen molar-refractivity contribution >= 4 is 5.96 Å². The summed E-state index contributed by atoms with van der Waals surface area (Å²) in [5.74, 6) is 3.21. The Labute approximate surface area is 158 Å². The predicted octanol–water partition coefficient (Wildman–Crippen LogP) is 1.85. The van der Waals surface area contributed by atoms with Gasteiger partial charge in [0, 0.05) is 12.6 Å². The first-order valence-corrected chi connectivity index (χ1v) is 8.89. The Bertz CT molecular complexity index is 759. The van der Waals surface area contributed by atoms with Crippen molar-refractivity contribution in [3.8, 4) is 17.2 Å². The van der Waals surface area contributed by atoms with E-state index in [1.807, 2.05) is 25.1 Å². The highest BCUT2D eigenvalue weighted by atomic mass is 16.7. The minimum atomic E-state index is -1.17. The lowest BCUT2D eigenvalue weighted by molar-refractivity contribution is 0.0437. The van der Waals surface area contributed by atoms with Gasteiger partial charge in [-0.1, -0.05) is 0 Å². The van der Waals surface area contributed by atoms with Gasteiger partial charge >= 0.3 is 0 Å². The van der Waals surface area contributed by atoms with Crippen LogP contribution >= 0.6 is 0 Å². The average Bonchev–Trinajstić information content (AvgIpc) is 3.34. The van der Waals surface area contributed by atoms with Crippen LogP contribution < -0.4 is 24.8 Å². The molecule has 1 atom stereocenters. The van der Waals surface area contributed by atoms with Crippen molar-refractivity contribution < 1.29 is 23.7 Å². The number of furan rings is 1. The highest BCUT2D eigenvalue weighted by Crippen LogP contribution is 2.34. The van der Waals surface area contributed by atoms with Crippen molar-refractivity contribution in [3.63, 3.8) is 0 Å².